The summed E-state index contributed by atoms with van der Waals surface area (Å²) in [6.45, 7) is -0.121. The second kappa shape index (κ2) is 3.03. The van der Waals surface area contributed by atoms with E-state index in [1.165, 1.54) is 12.3 Å². The molecule has 1 aromatic carbocycles. The summed E-state index contributed by atoms with van der Waals surface area (Å²) in [4.78, 5) is 11.3. The smallest absolute Gasteiger partial charge is 0.192 e. The lowest BCUT2D eigenvalue weighted by atomic mass is 10.1. The van der Waals surface area contributed by atoms with Crippen LogP contribution in [0.1, 0.15) is 5.56 Å². The van der Waals surface area contributed by atoms with Crippen LogP contribution >= 0.6 is 0 Å². The number of hydrogen-bond donors (Lipinski definition) is 1. The molecule has 1 heterocycles. The van der Waals surface area contributed by atoms with E-state index in [1.807, 2.05) is 0 Å². The zero-order chi connectivity index (χ0) is 9.26. The Morgan fingerprint density at radius 1 is 1.31 bits per heavy atom. The predicted molar refractivity (Wildman–Crippen MR) is 48.4 cm³/mol. The summed E-state index contributed by atoms with van der Waals surface area (Å²) < 4.78 is 5.15. The van der Waals surface area contributed by atoms with Gasteiger partial charge in [-0.15, -0.1) is 0 Å². The molecular weight excluding hydrogens is 168 g/mol. The SMILES string of the molecule is O=c1ccoc2c(CO)cccc12. The minimum Gasteiger partial charge on any atom is -0.464 e. The number of benzene rings is 1. The molecule has 0 aliphatic heterocycles. The van der Waals surface area contributed by atoms with Crippen molar-refractivity contribution in [3.05, 3.63) is 46.3 Å². The van der Waals surface area contributed by atoms with Crippen molar-refractivity contribution >= 4 is 11.0 Å². The predicted octanol–water partition coefficient (Wildman–Crippen LogP) is 1.29. The van der Waals surface area contributed by atoms with Gasteiger partial charge in [0.15, 0.2) is 5.43 Å². The Morgan fingerprint density at radius 2 is 2.15 bits per heavy atom. The van der Waals surface area contributed by atoms with E-state index < -0.39 is 0 Å². The van der Waals surface area contributed by atoms with Crippen LogP contribution in [0.2, 0.25) is 0 Å². The van der Waals surface area contributed by atoms with E-state index in [0.717, 1.165) is 0 Å². The normalized spacial score (nSPS) is 10.5. The summed E-state index contributed by atoms with van der Waals surface area (Å²) >= 11 is 0. The fourth-order valence-corrected chi connectivity index (χ4v) is 1.30. The highest BCUT2D eigenvalue weighted by molar-refractivity contribution is 5.79. The Bertz CT molecular complexity index is 485. The molecule has 13 heavy (non-hydrogen) atoms. The summed E-state index contributed by atoms with van der Waals surface area (Å²) in [5.41, 5.74) is 1.02. The van der Waals surface area contributed by atoms with E-state index in [-0.39, 0.29) is 12.0 Å². The van der Waals surface area contributed by atoms with Gasteiger partial charge in [-0.25, -0.2) is 0 Å². The van der Waals surface area contributed by atoms with Gasteiger partial charge in [0.2, 0.25) is 0 Å². The van der Waals surface area contributed by atoms with Crippen molar-refractivity contribution in [3.63, 3.8) is 0 Å². The quantitative estimate of drug-likeness (QED) is 0.712. The van der Waals surface area contributed by atoms with Crippen molar-refractivity contribution in [1.82, 2.24) is 0 Å². The van der Waals surface area contributed by atoms with E-state index in [9.17, 15) is 4.79 Å². The minimum atomic E-state index is -0.121. The average molecular weight is 176 g/mol. The fourth-order valence-electron chi connectivity index (χ4n) is 1.30. The van der Waals surface area contributed by atoms with E-state index in [0.29, 0.717) is 16.5 Å². The first kappa shape index (κ1) is 8.01. The van der Waals surface area contributed by atoms with Crippen LogP contribution in [0.3, 0.4) is 0 Å². The van der Waals surface area contributed by atoms with Crippen LogP contribution < -0.4 is 5.43 Å². The van der Waals surface area contributed by atoms with Crippen molar-refractivity contribution < 1.29 is 9.52 Å². The first-order chi connectivity index (χ1) is 6.33. The van der Waals surface area contributed by atoms with Crippen LogP contribution in [0.15, 0.2) is 39.7 Å². The molecule has 2 aromatic rings. The standard InChI is InChI=1S/C10H8O3/c11-6-7-2-1-3-8-9(12)4-5-13-10(7)8/h1-5,11H,6H2. The van der Waals surface area contributed by atoms with Crippen LogP contribution in [0.4, 0.5) is 0 Å². The number of rotatable bonds is 1. The number of para-hydroxylation sites is 1. The Hall–Kier alpha value is -1.61. The summed E-state index contributed by atoms with van der Waals surface area (Å²) in [7, 11) is 0. The number of aliphatic hydroxyl groups is 1. The zero-order valence-electron chi connectivity index (χ0n) is 6.86. The molecule has 3 heteroatoms. The fraction of sp³-hybridized carbons (Fsp3) is 0.100. The van der Waals surface area contributed by atoms with Crippen molar-refractivity contribution in [2.75, 3.05) is 0 Å². The lowest BCUT2D eigenvalue weighted by molar-refractivity contribution is 0.281. The topological polar surface area (TPSA) is 50.4 Å². The molecule has 0 bridgehead atoms. The molecule has 0 atom stereocenters. The second-order valence-electron chi connectivity index (χ2n) is 2.74. The van der Waals surface area contributed by atoms with Gasteiger partial charge in [0.05, 0.1) is 18.3 Å². The molecular formula is C10H8O3. The largest absolute Gasteiger partial charge is 0.464 e. The molecule has 0 radical (unpaired) electrons. The number of hydrogen-bond acceptors (Lipinski definition) is 3. The first-order valence-corrected chi connectivity index (χ1v) is 3.93. The van der Waals surface area contributed by atoms with E-state index in [2.05, 4.69) is 0 Å². The van der Waals surface area contributed by atoms with Crippen molar-refractivity contribution in [2.24, 2.45) is 0 Å². The molecule has 0 unspecified atom stereocenters. The monoisotopic (exact) mass is 176 g/mol. The van der Waals surface area contributed by atoms with Gasteiger partial charge in [-0.3, -0.25) is 4.79 Å². The van der Waals surface area contributed by atoms with Crippen LogP contribution in [-0.4, -0.2) is 5.11 Å². The summed E-state index contributed by atoms with van der Waals surface area (Å²) in [6, 6.07) is 6.50. The molecule has 0 aliphatic carbocycles. The molecule has 0 amide bonds. The van der Waals surface area contributed by atoms with Gasteiger partial charge < -0.3 is 9.52 Å². The third-order valence-electron chi connectivity index (χ3n) is 1.94. The minimum absolute atomic E-state index is 0.0865. The van der Waals surface area contributed by atoms with E-state index in [1.54, 1.807) is 18.2 Å². The van der Waals surface area contributed by atoms with Crippen LogP contribution in [0.5, 0.6) is 0 Å². The molecule has 0 aliphatic rings. The zero-order valence-corrected chi connectivity index (χ0v) is 6.86. The van der Waals surface area contributed by atoms with E-state index in [4.69, 9.17) is 9.52 Å². The summed E-state index contributed by atoms with van der Waals surface area (Å²) in [5, 5.41) is 9.47. The van der Waals surface area contributed by atoms with Crippen molar-refractivity contribution in [1.29, 1.82) is 0 Å². The summed E-state index contributed by atoms with van der Waals surface area (Å²) in [6.07, 6.45) is 1.34. The second-order valence-corrected chi connectivity index (χ2v) is 2.74. The third-order valence-corrected chi connectivity index (χ3v) is 1.94. The molecule has 1 aromatic heterocycles. The Kier molecular flexibility index (Phi) is 1.87. The van der Waals surface area contributed by atoms with Gasteiger partial charge in [0.25, 0.3) is 0 Å². The average Bonchev–Trinajstić information content (AvgIpc) is 2.18. The molecule has 0 fully saturated rings. The lowest BCUT2D eigenvalue weighted by Gasteiger charge is -1.99. The number of aliphatic hydroxyl groups excluding tert-OH is 1. The molecule has 0 spiro atoms. The Balaban J connectivity index is 2.92. The van der Waals surface area contributed by atoms with Gasteiger partial charge in [0, 0.05) is 11.6 Å². The van der Waals surface area contributed by atoms with Gasteiger partial charge in [-0.05, 0) is 6.07 Å². The highest BCUT2D eigenvalue weighted by atomic mass is 16.3. The molecule has 0 saturated carbocycles. The molecule has 66 valence electrons. The van der Waals surface area contributed by atoms with Crippen LogP contribution in [0, 0.1) is 0 Å². The van der Waals surface area contributed by atoms with Crippen molar-refractivity contribution in [3.8, 4) is 0 Å². The molecule has 0 saturated heterocycles. The first-order valence-electron chi connectivity index (χ1n) is 3.93. The summed E-state index contributed by atoms with van der Waals surface area (Å²) in [5.74, 6) is 0. The molecule has 2 rings (SSSR count). The highest BCUT2D eigenvalue weighted by Gasteiger charge is 2.03. The maximum atomic E-state index is 11.3. The number of fused-ring (bicyclic) bond motifs is 1. The van der Waals surface area contributed by atoms with Crippen LogP contribution in [-0.2, 0) is 6.61 Å². The Labute approximate surface area is 74.2 Å². The maximum Gasteiger partial charge on any atom is 0.192 e. The maximum absolute atomic E-state index is 11.3. The van der Waals surface area contributed by atoms with Gasteiger partial charge in [-0.1, -0.05) is 12.1 Å². The van der Waals surface area contributed by atoms with Crippen LogP contribution in [0.25, 0.3) is 11.0 Å². The lowest BCUT2D eigenvalue weighted by Crippen LogP contribution is -1.99. The highest BCUT2D eigenvalue weighted by Crippen LogP contribution is 2.14. The van der Waals surface area contributed by atoms with Gasteiger partial charge >= 0.3 is 0 Å². The van der Waals surface area contributed by atoms with Gasteiger partial charge in [0.1, 0.15) is 5.58 Å². The Morgan fingerprint density at radius 3 is 2.92 bits per heavy atom. The van der Waals surface area contributed by atoms with E-state index >= 15 is 0 Å². The van der Waals surface area contributed by atoms with Crippen molar-refractivity contribution in [2.45, 2.75) is 6.61 Å². The molecule has 1 N–H and O–H groups in total. The third kappa shape index (κ3) is 1.23. The molecule has 3 nitrogen and oxygen atoms in total. The van der Waals surface area contributed by atoms with Gasteiger partial charge in [-0.2, -0.15) is 0 Å².